The standard InChI is InChI=1S/C11H9BrN6/c1-8-9(12)10(17-6-2-4-13-17)16-11(15-8)18-7-3-5-14-18/h2-7H,1H3. The number of hydrogen-bond acceptors (Lipinski definition) is 4. The van der Waals surface area contributed by atoms with E-state index in [0.717, 1.165) is 10.2 Å². The SMILES string of the molecule is Cc1nc(-n2cccn2)nc(-n2cccn2)c1Br. The lowest BCUT2D eigenvalue weighted by atomic mass is 10.4. The molecule has 0 aliphatic heterocycles. The van der Waals surface area contributed by atoms with Gasteiger partial charge in [0.15, 0.2) is 5.82 Å². The molecule has 0 saturated carbocycles. The largest absolute Gasteiger partial charge is 0.252 e. The molecule has 0 fully saturated rings. The van der Waals surface area contributed by atoms with E-state index in [4.69, 9.17) is 0 Å². The van der Waals surface area contributed by atoms with Gasteiger partial charge in [-0.1, -0.05) is 0 Å². The molecule has 6 nitrogen and oxygen atoms in total. The Kier molecular flexibility index (Phi) is 2.67. The Labute approximate surface area is 111 Å². The van der Waals surface area contributed by atoms with Crippen LogP contribution >= 0.6 is 15.9 Å². The van der Waals surface area contributed by atoms with Crippen LogP contribution in [0.3, 0.4) is 0 Å². The molecule has 0 amide bonds. The van der Waals surface area contributed by atoms with Gasteiger partial charge in [-0.3, -0.25) is 0 Å². The summed E-state index contributed by atoms with van der Waals surface area (Å²) in [6, 6.07) is 3.67. The van der Waals surface area contributed by atoms with Gasteiger partial charge >= 0.3 is 0 Å². The van der Waals surface area contributed by atoms with Crippen molar-refractivity contribution < 1.29 is 0 Å². The lowest BCUT2D eigenvalue weighted by Crippen LogP contribution is -2.09. The zero-order valence-corrected chi connectivity index (χ0v) is 11.1. The first-order valence-corrected chi connectivity index (χ1v) is 6.09. The van der Waals surface area contributed by atoms with Crippen molar-refractivity contribution in [1.82, 2.24) is 29.5 Å². The second-order valence-electron chi connectivity index (χ2n) is 3.65. The fraction of sp³-hybridized carbons (Fsp3) is 0.0909. The first-order chi connectivity index (χ1) is 8.75. The minimum absolute atomic E-state index is 0.520. The van der Waals surface area contributed by atoms with Gasteiger partial charge < -0.3 is 0 Å². The molecule has 3 rings (SSSR count). The molecule has 3 aromatic rings. The van der Waals surface area contributed by atoms with Gasteiger partial charge in [0.2, 0.25) is 0 Å². The molecule has 3 heterocycles. The summed E-state index contributed by atoms with van der Waals surface area (Å²) >= 11 is 3.48. The lowest BCUT2D eigenvalue weighted by molar-refractivity contribution is 0.763. The molecule has 0 aliphatic carbocycles. The smallest absolute Gasteiger partial charge is 0.221 e. The molecule has 90 valence electrons. The van der Waals surface area contributed by atoms with E-state index < -0.39 is 0 Å². The highest BCUT2D eigenvalue weighted by atomic mass is 79.9. The predicted octanol–water partition coefficient (Wildman–Crippen LogP) is 1.92. The van der Waals surface area contributed by atoms with Crippen molar-refractivity contribution in [1.29, 1.82) is 0 Å². The fourth-order valence-electron chi connectivity index (χ4n) is 1.57. The van der Waals surface area contributed by atoms with E-state index in [2.05, 4.69) is 36.1 Å². The minimum atomic E-state index is 0.520. The molecule has 0 unspecified atom stereocenters. The number of aryl methyl sites for hydroxylation is 1. The second kappa shape index (κ2) is 4.34. The summed E-state index contributed by atoms with van der Waals surface area (Å²) < 4.78 is 4.13. The monoisotopic (exact) mass is 304 g/mol. The van der Waals surface area contributed by atoms with Crippen LogP contribution in [0, 0.1) is 6.92 Å². The summed E-state index contributed by atoms with van der Waals surface area (Å²) in [6.45, 7) is 1.91. The molecule has 0 aliphatic rings. The molecule has 0 atom stereocenters. The molecule has 18 heavy (non-hydrogen) atoms. The summed E-state index contributed by atoms with van der Waals surface area (Å²) in [4.78, 5) is 8.85. The van der Waals surface area contributed by atoms with Gasteiger partial charge in [-0.05, 0) is 35.0 Å². The third kappa shape index (κ3) is 1.82. The summed E-state index contributed by atoms with van der Waals surface area (Å²) in [5.41, 5.74) is 0.834. The van der Waals surface area contributed by atoms with Crippen molar-refractivity contribution in [2.75, 3.05) is 0 Å². The molecule has 0 radical (unpaired) electrons. The van der Waals surface area contributed by atoms with Crippen LogP contribution in [-0.4, -0.2) is 29.5 Å². The Morgan fingerprint density at radius 2 is 1.67 bits per heavy atom. The van der Waals surface area contributed by atoms with Crippen LogP contribution in [0.2, 0.25) is 0 Å². The van der Waals surface area contributed by atoms with Crippen LogP contribution in [0.1, 0.15) is 5.69 Å². The van der Waals surface area contributed by atoms with E-state index in [9.17, 15) is 0 Å². The zero-order chi connectivity index (χ0) is 12.5. The first-order valence-electron chi connectivity index (χ1n) is 5.30. The van der Waals surface area contributed by atoms with Crippen LogP contribution in [0.15, 0.2) is 41.4 Å². The second-order valence-corrected chi connectivity index (χ2v) is 4.44. The highest BCUT2D eigenvalue weighted by Gasteiger charge is 2.12. The first kappa shape index (κ1) is 11.1. The number of hydrogen-bond donors (Lipinski definition) is 0. The summed E-state index contributed by atoms with van der Waals surface area (Å²) in [5, 5.41) is 8.30. The lowest BCUT2D eigenvalue weighted by Gasteiger charge is -2.08. The van der Waals surface area contributed by atoms with E-state index in [1.54, 1.807) is 28.0 Å². The van der Waals surface area contributed by atoms with Crippen molar-refractivity contribution in [3.63, 3.8) is 0 Å². The van der Waals surface area contributed by atoms with Crippen LogP contribution in [0.5, 0.6) is 0 Å². The highest BCUT2D eigenvalue weighted by Crippen LogP contribution is 2.22. The Hall–Kier alpha value is -2.02. The maximum atomic E-state index is 4.46. The van der Waals surface area contributed by atoms with Gasteiger partial charge in [-0.25, -0.2) is 14.3 Å². The van der Waals surface area contributed by atoms with Crippen molar-refractivity contribution in [3.8, 4) is 11.8 Å². The maximum absolute atomic E-state index is 4.46. The molecule has 0 bridgehead atoms. The Balaban J connectivity index is 2.20. The number of rotatable bonds is 2. The predicted molar refractivity (Wildman–Crippen MR) is 68.7 cm³/mol. The van der Waals surface area contributed by atoms with Crippen LogP contribution in [-0.2, 0) is 0 Å². The molecule has 0 saturated heterocycles. The van der Waals surface area contributed by atoms with Crippen molar-refractivity contribution in [2.45, 2.75) is 6.92 Å². The van der Waals surface area contributed by atoms with Crippen molar-refractivity contribution >= 4 is 15.9 Å². The molecular formula is C11H9BrN6. The average Bonchev–Trinajstić information content (AvgIpc) is 3.03. The molecule has 3 aromatic heterocycles. The van der Waals surface area contributed by atoms with Gasteiger partial charge in [-0.2, -0.15) is 15.2 Å². The van der Waals surface area contributed by atoms with Crippen LogP contribution in [0.4, 0.5) is 0 Å². The number of halogens is 1. The minimum Gasteiger partial charge on any atom is -0.221 e. The fourth-order valence-corrected chi connectivity index (χ4v) is 1.92. The quantitative estimate of drug-likeness (QED) is 0.725. The average molecular weight is 305 g/mol. The normalized spacial score (nSPS) is 10.8. The van der Waals surface area contributed by atoms with E-state index in [1.807, 2.05) is 25.3 Å². The Morgan fingerprint density at radius 3 is 2.28 bits per heavy atom. The summed E-state index contributed by atoms with van der Waals surface area (Å²) in [6.07, 6.45) is 7.03. The van der Waals surface area contributed by atoms with Crippen molar-refractivity contribution in [3.05, 3.63) is 47.1 Å². The van der Waals surface area contributed by atoms with E-state index >= 15 is 0 Å². The summed E-state index contributed by atoms with van der Waals surface area (Å²) in [7, 11) is 0. The third-order valence-corrected chi connectivity index (χ3v) is 3.35. The molecule has 7 heteroatoms. The van der Waals surface area contributed by atoms with Gasteiger partial charge in [-0.15, -0.1) is 0 Å². The maximum Gasteiger partial charge on any atom is 0.252 e. The van der Waals surface area contributed by atoms with E-state index in [1.165, 1.54) is 0 Å². The van der Waals surface area contributed by atoms with Crippen molar-refractivity contribution in [2.24, 2.45) is 0 Å². The van der Waals surface area contributed by atoms with Gasteiger partial charge in [0, 0.05) is 24.8 Å². The molecule has 0 spiro atoms. The number of aromatic nitrogens is 6. The van der Waals surface area contributed by atoms with Gasteiger partial charge in [0.1, 0.15) is 0 Å². The zero-order valence-electron chi connectivity index (χ0n) is 9.53. The number of nitrogens with zero attached hydrogens (tertiary/aromatic N) is 6. The van der Waals surface area contributed by atoms with E-state index in [-0.39, 0.29) is 0 Å². The Bertz CT molecular complexity index is 659. The van der Waals surface area contributed by atoms with Crippen LogP contribution in [0.25, 0.3) is 11.8 Å². The topological polar surface area (TPSA) is 61.4 Å². The van der Waals surface area contributed by atoms with E-state index in [0.29, 0.717) is 11.8 Å². The third-order valence-electron chi connectivity index (χ3n) is 2.42. The van der Waals surface area contributed by atoms with Gasteiger partial charge in [0.25, 0.3) is 5.95 Å². The summed E-state index contributed by atoms with van der Waals surface area (Å²) in [5.74, 6) is 1.21. The molecule has 0 N–H and O–H groups in total. The molecule has 0 aromatic carbocycles. The molecular weight excluding hydrogens is 296 g/mol. The highest BCUT2D eigenvalue weighted by molar-refractivity contribution is 9.10. The van der Waals surface area contributed by atoms with Crippen LogP contribution < -0.4 is 0 Å². The van der Waals surface area contributed by atoms with Gasteiger partial charge in [0.05, 0.1) is 10.2 Å². The Morgan fingerprint density at radius 1 is 1.00 bits per heavy atom.